The summed E-state index contributed by atoms with van der Waals surface area (Å²) >= 11 is 11.8. The number of carbonyl (C=O) groups excluding carboxylic acids is 2. The standard InChI is InChI=1S/C17H15Cl2NO4S/c1-10(16(21)20-14-8-7-11(18)9-13(14)19)24-17(22)12-5-3-4-6-15(12)25(2)23/h3-10H,1-2H3,(H,20,21)/t10-,25-/m0/s1. The van der Waals surface area contributed by atoms with Crippen molar-refractivity contribution in [2.75, 3.05) is 11.6 Å². The summed E-state index contributed by atoms with van der Waals surface area (Å²) in [5, 5.41) is 3.27. The number of anilines is 1. The van der Waals surface area contributed by atoms with Gasteiger partial charge in [-0.1, -0.05) is 35.3 Å². The van der Waals surface area contributed by atoms with E-state index in [4.69, 9.17) is 27.9 Å². The van der Waals surface area contributed by atoms with Crippen molar-refractivity contribution in [1.82, 2.24) is 0 Å². The lowest BCUT2D eigenvalue weighted by molar-refractivity contribution is -0.123. The van der Waals surface area contributed by atoms with Crippen LogP contribution in [-0.2, 0) is 20.3 Å². The van der Waals surface area contributed by atoms with Gasteiger partial charge in [0.15, 0.2) is 6.10 Å². The van der Waals surface area contributed by atoms with Crippen LogP contribution in [0.4, 0.5) is 5.69 Å². The minimum Gasteiger partial charge on any atom is -0.449 e. The topological polar surface area (TPSA) is 72.5 Å². The number of hydrogen-bond acceptors (Lipinski definition) is 4. The second kappa shape index (κ2) is 8.47. The molecule has 0 aromatic heterocycles. The van der Waals surface area contributed by atoms with Crippen molar-refractivity contribution in [2.24, 2.45) is 0 Å². The Morgan fingerprint density at radius 3 is 2.48 bits per heavy atom. The molecule has 0 aliphatic heterocycles. The monoisotopic (exact) mass is 399 g/mol. The predicted octanol–water partition coefficient (Wildman–Crippen LogP) is 3.91. The van der Waals surface area contributed by atoms with Gasteiger partial charge in [-0.2, -0.15) is 0 Å². The van der Waals surface area contributed by atoms with Gasteiger partial charge in [0, 0.05) is 11.3 Å². The molecule has 0 aliphatic carbocycles. The first-order valence-electron chi connectivity index (χ1n) is 7.19. The van der Waals surface area contributed by atoms with Gasteiger partial charge in [0.2, 0.25) is 0 Å². The fraction of sp³-hybridized carbons (Fsp3) is 0.176. The highest BCUT2D eigenvalue weighted by Gasteiger charge is 2.22. The van der Waals surface area contributed by atoms with E-state index < -0.39 is 28.8 Å². The van der Waals surface area contributed by atoms with Gasteiger partial charge in [-0.25, -0.2) is 4.79 Å². The fourth-order valence-corrected chi connectivity index (χ4v) is 3.18. The number of nitrogens with one attached hydrogen (secondary N) is 1. The Morgan fingerprint density at radius 1 is 1.16 bits per heavy atom. The number of ether oxygens (including phenoxy) is 1. The molecule has 2 atom stereocenters. The molecule has 2 aromatic rings. The minimum absolute atomic E-state index is 0.160. The van der Waals surface area contributed by atoms with Crippen LogP contribution in [-0.4, -0.2) is 28.4 Å². The summed E-state index contributed by atoms with van der Waals surface area (Å²) in [5.74, 6) is -1.27. The Bertz CT molecular complexity index is 841. The van der Waals surface area contributed by atoms with E-state index in [2.05, 4.69) is 5.32 Å². The summed E-state index contributed by atoms with van der Waals surface area (Å²) < 4.78 is 16.9. The zero-order valence-corrected chi connectivity index (χ0v) is 15.7. The molecule has 0 spiro atoms. The number of hydrogen-bond donors (Lipinski definition) is 1. The average molecular weight is 400 g/mol. The van der Waals surface area contributed by atoms with Gasteiger partial charge in [0.05, 0.1) is 32.0 Å². The molecule has 8 heteroatoms. The zero-order chi connectivity index (χ0) is 18.6. The first-order valence-corrected chi connectivity index (χ1v) is 9.50. The van der Waals surface area contributed by atoms with Crippen molar-refractivity contribution in [1.29, 1.82) is 0 Å². The minimum atomic E-state index is -1.35. The third-order valence-corrected chi connectivity index (χ3v) is 4.78. The maximum Gasteiger partial charge on any atom is 0.340 e. The molecule has 132 valence electrons. The van der Waals surface area contributed by atoms with Gasteiger partial charge in [0.1, 0.15) is 0 Å². The van der Waals surface area contributed by atoms with E-state index in [1.54, 1.807) is 30.3 Å². The molecule has 0 aliphatic rings. The highest BCUT2D eigenvalue weighted by atomic mass is 35.5. The number of rotatable bonds is 5. The molecule has 25 heavy (non-hydrogen) atoms. The largest absolute Gasteiger partial charge is 0.449 e. The number of halogens is 2. The lowest BCUT2D eigenvalue weighted by atomic mass is 10.2. The van der Waals surface area contributed by atoms with Gasteiger partial charge < -0.3 is 10.1 Å². The van der Waals surface area contributed by atoms with Gasteiger partial charge >= 0.3 is 5.97 Å². The van der Waals surface area contributed by atoms with E-state index in [9.17, 15) is 13.8 Å². The molecule has 2 aromatic carbocycles. The number of benzene rings is 2. The van der Waals surface area contributed by atoms with Gasteiger partial charge in [-0.15, -0.1) is 0 Å². The number of amides is 1. The van der Waals surface area contributed by atoms with Crippen LogP contribution in [0, 0.1) is 0 Å². The highest BCUT2D eigenvalue weighted by molar-refractivity contribution is 7.84. The molecule has 2 rings (SSSR count). The summed E-state index contributed by atoms with van der Waals surface area (Å²) in [6.07, 6.45) is 0.391. The molecule has 0 heterocycles. The van der Waals surface area contributed by atoms with E-state index in [1.807, 2.05) is 0 Å². The van der Waals surface area contributed by atoms with Gasteiger partial charge in [0.25, 0.3) is 5.91 Å². The SMILES string of the molecule is C[C@H](OC(=O)c1ccccc1[S@](C)=O)C(=O)Nc1ccc(Cl)cc1Cl. The molecule has 0 bridgehead atoms. The normalized spacial score (nSPS) is 13.0. The van der Waals surface area contributed by atoms with Crippen molar-refractivity contribution in [3.63, 3.8) is 0 Å². The Hall–Kier alpha value is -1.89. The number of esters is 1. The van der Waals surface area contributed by atoms with Crippen molar-refractivity contribution < 1.29 is 18.5 Å². The Morgan fingerprint density at radius 2 is 1.84 bits per heavy atom. The van der Waals surface area contributed by atoms with Crippen LogP contribution in [0.5, 0.6) is 0 Å². The van der Waals surface area contributed by atoms with E-state index >= 15 is 0 Å². The van der Waals surface area contributed by atoms with E-state index in [-0.39, 0.29) is 10.6 Å². The third-order valence-electron chi connectivity index (χ3n) is 3.26. The maximum absolute atomic E-state index is 12.3. The molecule has 0 radical (unpaired) electrons. The first-order chi connectivity index (χ1) is 11.8. The second-order valence-corrected chi connectivity index (χ2v) is 7.30. The van der Waals surface area contributed by atoms with E-state index in [0.29, 0.717) is 15.6 Å². The Balaban J connectivity index is 2.08. The van der Waals surface area contributed by atoms with Crippen LogP contribution in [0.1, 0.15) is 17.3 Å². The summed E-state index contributed by atoms with van der Waals surface area (Å²) in [4.78, 5) is 24.8. The van der Waals surface area contributed by atoms with Crippen LogP contribution in [0.15, 0.2) is 47.4 Å². The summed E-state index contributed by atoms with van der Waals surface area (Å²) in [7, 11) is -1.35. The first kappa shape index (κ1) is 19.4. The lowest BCUT2D eigenvalue weighted by Crippen LogP contribution is -2.30. The Kier molecular flexibility index (Phi) is 6.58. The molecule has 1 N–H and O–H groups in total. The molecule has 0 fully saturated rings. The molecular weight excluding hydrogens is 385 g/mol. The number of carbonyl (C=O) groups is 2. The van der Waals surface area contributed by atoms with Gasteiger partial charge in [-0.05, 0) is 37.3 Å². The summed E-state index contributed by atoms with van der Waals surface area (Å²) in [6.45, 7) is 1.43. The molecule has 0 saturated carbocycles. The van der Waals surface area contributed by atoms with Crippen molar-refractivity contribution in [2.45, 2.75) is 17.9 Å². The van der Waals surface area contributed by atoms with E-state index in [1.165, 1.54) is 25.3 Å². The highest BCUT2D eigenvalue weighted by Crippen LogP contribution is 2.25. The zero-order valence-electron chi connectivity index (χ0n) is 13.4. The summed E-state index contributed by atoms with van der Waals surface area (Å²) in [6, 6.07) is 11.0. The Labute approximate surface area is 157 Å². The van der Waals surface area contributed by atoms with Crippen LogP contribution in [0.3, 0.4) is 0 Å². The molecule has 1 amide bonds. The fourth-order valence-electron chi connectivity index (χ4n) is 1.99. The van der Waals surface area contributed by atoms with Crippen molar-refractivity contribution >= 4 is 51.6 Å². The molecular formula is C17H15Cl2NO4S. The van der Waals surface area contributed by atoms with Crippen LogP contribution in [0.2, 0.25) is 10.0 Å². The average Bonchev–Trinajstić information content (AvgIpc) is 2.57. The quantitative estimate of drug-likeness (QED) is 0.773. The maximum atomic E-state index is 12.3. The smallest absolute Gasteiger partial charge is 0.340 e. The summed E-state index contributed by atoms with van der Waals surface area (Å²) in [5.41, 5.74) is 0.515. The molecule has 0 unspecified atom stereocenters. The second-order valence-electron chi connectivity index (χ2n) is 5.11. The van der Waals surface area contributed by atoms with E-state index in [0.717, 1.165) is 0 Å². The van der Waals surface area contributed by atoms with Crippen LogP contribution < -0.4 is 5.32 Å². The lowest BCUT2D eigenvalue weighted by Gasteiger charge is -2.15. The van der Waals surface area contributed by atoms with Crippen LogP contribution >= 0.6 is 23.2 Å². The molecule has 5 nitrogen and oxygen atoms in total. The van der Waals surface area contributed by atoms with Gasteiger partial charge in [-0.3, -0.25) is 9.00 Å². The van der Waals surface area contributed by atoms with Crippen molar-refractivity contribution in [3.05, 3.63) is 58.1 Å². The third kappa shape index (κ3) is 5.04. The van der Waals surface area contributed by atoms with Crippen molar-refractivity contribution in [3.8, 4) is 0 Å². The van der Waals surface area contributed by atoms with Crippen LogP contribution in [0.25, 0.3) is 0 Å². The predicted molar refractivity (Wildman–Crippen MR) is 98.7 cm³/mol. The molecule has 0 saturated heterocycles.